The molecule has 10 N–H and O–H groups in total. The van der Waals surface area contributed by atoms with Gasteiger partial charge in [0.05, 0.1) is 0 Å². The SMILES string of the molecule is CN1CCCNc2c(c(=O)c2=O)NCCCN(C)CCCNc2c(c(=O)c2=O)NCCCN(C)CCCNc2c(c(=O)c2=O)NCCCN(C)CCCNc2c(c(=O)c2=O)NCCCN(C)CCCNc2c(c(=O)c2=O)NCCC1. The van der Waals surface area contributed by atoms with Gasteiger partial charge in [-0.1, -0.05) is 0 Å². The van der Waals surface area contributed by atoms with Crippen molar-refractivity contribution in [2.45, 2.75) is 64.2 Å². The predicted molar refractivity (Wildman–Crippen MR) is 325 cm³/mol. The molecule has 80 heavy (non-hydrogen) atoms. The summed E-state index contributed by atoms with van der Waals surface area (Å²) in [5, 5.41) is 31.3. The monoisotopic (exact) mass is 1120 g/mol. The summed E-state index contributed by atoms with van der Waals surface area (Å²) < 4.78 is 0. The van der Waals surface area contributed by atoms with Crippen molar-refractivity contribution in [2.24, 2.45) is 0 Å². The van der Waals surface area contributed by atoms with E-state index in [1.54, 1.807) is 0 Å². The Balaban J connectivity index is 0.936. The summed E-state index contributed by atoms with van der Waals surface area (Å²) in [6.45, 7) is 12.4. The molecule has 1 heterocycles. The molecule has 0 spiro atoms. The highest BCUT2D eigenvalue weighted by atomic mass is 16.2. The third-order valence-corrected chi connectivity index (χ3v) is 14.7. The van der Waals surface area contributed by atoms with Crippen molar-refractivity contribution < 1.29 is 0 Å². The van der Waals surface area contributed by atoms with Gasteiger partial charge in [0.2, 0.25) is 0 Å². The van der Waals surface area contributed by atoms with E-state index in [1.165, 1.54) is 0 Å². The number of nitrogens with zero attached hydrogens (tertiary/aromatic N) is 5. The van der Waals surface area contributed by atoms with Crippen LogP contribution in [0.1, 0.15) is 64.2 Å². The van der Waals surface area contributed by atoms with Crippen LogP contribution in [0.2, 0.25) is 0 Å². The lowest BCUT2D eigenvalue weighted by atomic mass is 10.1. The summed E-state index contributed by atoms with van der Waals surface area (Å²) in [7, 11) is 9.93. The van der Waals surface area contributed by atoms with Gasteiger partial charge in [-0.25, -0.2) is 0 Å². The standard InChI is InChI=1S/C55H85N15O10/c1-66-26-6-16-56-36-38(48(73)46(36)71)58-18-8-28-67(2)30-10-20-60-40-42(52(77)50(40)75)62-22-12-32-69(4)34-14-24-64-44-45(55(80)54(44)79)65-25-15-35-70(5)33-13-23-63-43-41(51(76)53(43)78)61-21-11-31-68(3)29-9-19-59-39-37(47(72)49(39)74)57-17-7-27-66/h56-65H,6-35H2,1-5H3. The maximum atomic E-state index is 12.4. The van der Waals surface area contributed by atoms with Crippen LogP contribution in [0.4, 0.5) is 56.9 Å². The Morgan fingerprint density at radius 3 is 0.362 bits per heavy atom. The number of anilines is 10. The molecule has 0 bridgehead atoms. The average molecular weight is 1120 g/mol. The Kier molecular flexibility index (Phi) is 24.4. The molecule has 0 saturated carbocycles. The van der Waals surface area contributed by atoms with Gasteiger partial charge in [-0.15, -0.1) is 0 Å². The number of fused-ring (bicyclic) bond motifs is 5. The van der Waals surface area contributed by atoms with Crippen LogP contribution in [0.25, 0.3) is 0 Å². The molecule has 0 fully saturated rings. The fourth-order valence-corrected chi connectivity index (χ4v) is 9.83. The molecule has 0 saturated heterocycles. The first-order chi connectivity index (χ1) is 38.5. The van der Waals surface area contributed by atoms with Crippen LogP contribution in [-0.4, -0.2) is 191 Å². The van der Waals surface area contributed by atoms with E-state index in [2.05, 4.69) is 77.7 Å². The lowest BCUT2D eigenvalue weighted by Gasteiger charge is -2.20. The highest BCUT2D eigenvalue weighted by Gasteiger charge is 2.24. The Hall–Kier alpha value is -6.80. The molecule has 25 nitrogen and oxygen atoms in total. The van der Waals surface area contributed by atoms with Crippen LogP contribution >= 0.6 is 0 Å². The second-order valence-corrected chi connectivity index (χ2v) is 21.4. The van der Waals surface area contributed by atoms with E-state index >= 15 is 0 Å². The van der Waals surface area contributed by atoms with Crippen LogP contribution in [0.3, 0.4) is 0 Å². The van der Waals surface area contributed by atoms with E-state index in [9.17, 15) is 47.9 Å². The van der Waals surface area contributed by atoms with E-state index in [-0.39, 0.29) is 0 Å². The molecule has 6 rings (SSSR count). The first-order valence-electron chi connectivity index (χ1n) is 28.5. The normalized spacial score (nSPS) is 19.3. The molecule has 1 aliphatic heterocycles. The number of hydrogen-bond acceptors (Lipinski definition) is 25. The third kappa shape index (κ3) is 17.1. The van der Waals surface area contributed by atoms with Crippen LogP contribution in [0, 0.1) is 0 Å². The van der Waals surface area contributed by atoms with Gasteiger partial charge in [-0.3, -0.25) is 47.9 Å². The Bertz CT molecular complexity index is 2450. The zero-order chi connectivity index (χ0) is 57.7. The Morgan fingerprint density at radius 2 is 0.275 bits per heavy atom. The molecular formula is C55H85N15O10. The third-order valence-electron chi connectivity index (χ3n) is 14.7. The fraction of sp³-hybridized carbons (Fsp3) is 0.636. The quantitative estimate of drug-likeness (QED) is 0.0846. The molecule has 5 aromatic rings. The minimum absolute atomic E-state index is 0.312. The van der Waals surface area contributed by atoms with Gasteiger partial charge in [0, 0.05) is 65.4 Å². The summed E-state index contributed by atoms with van der Waals surface area (Å²) in [5.41, 5.74) is -2.16. The zero-order valence-corrected chi connectivity index (χ0v) is 47.5. The topological polar surface area (TPSA) is 307 Å². The van der Waals surface area contributed by atoms with E-state index in [1.807, 2.05) is 35.2 Å². The second kappa shape index (κ2) is 31.3. The summed E-state index contributed by atoms with van der Waals surface area (Å²) in [6, 6.07) is 0. The summed E-state index contributed by atoms with van der Waals surface area (Å²) in [4.78, 5) is 135. The van der Waals surface area contributed by atoms with Crippen molar-refractivity contribution in [2.75, 3.05) is 219 Å². The van der Waals surface area contributed by atoms with Gasteiger partial charge < -0.3 is 77.7 Å². The first-order valence-corrected chi connectivity index (χ1v) is 28.5. The van der Waals surface area contributed by atoms with E-state index in [4.69, 9.17) is 0 Å². The molecule has 25 heteroatoms. The van der Waals surface area contributed by atoms with E-state index < -0.39 is 54.3 Å². The molecule has 440 valence electrons. The zero-order valence-electron chi connectivity index (χ0n) is 47.5. The Morgan fingerprint density at radius 1 is 0.188 bits per heavy atom. The molecule has 0 atom stereocenters. The molecule has 0 unspecified atom stereocenters. The number of hydrogen-bond donors (Lipinski definition) is 10. The van der Waals surface area contributed by atoms with Crippen LogP contribution in [0.5, 0.6) is 0 Å². The van der Waals surface area contributed by atoms with Crippen molar-refractivity contribution >= 4 is 56.9 Å². The van der Waals surface area contributed by atoms with E-state index in [0.717, 1.165) is 130 Å². The van der Waals surface area contributed by atoms with Crippen molar-refractivity contribution in [3.8, 4) is 0 Å². The lowest BCUT2D eigenvalue weighted by Crippen LogP contribution is -2.38. The molecule has 1 aliphatic rings. The fourth-order valence-electron chi connectivity index (χ4n) is 9.83. The second-order valence-electron chi connectivity index (χ2n) is 21.4. The van der Waals surface area contributed by atoms with Gasteiger partial charge in [-0.05, 0) is 165 Å². The van der Waals surface area contributed by atoms with Crippen LogP contribution in [-0.2, 0) is 0 Å². The first kappa shape index (κ1) is 62.4. The largest absolute Gasteiger partial charge is 0.380 e. The smallest absolute Gasteiger partial charge is 0.253 e. The van der Waals surface area contributed by atoms with E-state index in [0.29, 0.717) is 122 Å². The maximum Gasteiger partial charge on any atom is 0.253 e. The highest BCUT2D eigenvalue weighted by Crippen LogP contribution is 2.19. The lowest BCUT2D eigenvalue weighted by molar-refractivity contribution is 0.331. The van der Waals surface area contributed by atoms with Gasteiger partial charge in [0.15, 0.2) is 0 Å². The van der Waals surface area contributed by atoms with Crippen LogP contribution in [0.15, 0.2) is 47.9 Å². The molecule has 0 amide bonds. The number of nitrogens with one attached hydrogen (secondary N) is 10. The van der Waals surface area contributed by atoms with Gasteiger partial charge in [0.1, 0.15) is 56.9 Å². The Labute approximate surface area is 465 Å². The predicted octanol–water partition coefficient (Wildman–Crippen LogP) is -0.840. The maximum absolute atomic E-state index is 12.4. The summed E-state index contributed by atoms with van der Waals surface area (Å²) in [6.07, 6.45) is 7.29. The van der Waals surface area contributed by atoms with Gasteiger partial charge in [-0.2, -0.15) is 0 Å². The average Bonchev–Trinajstić information content (AvgIpc) is 3.47. The number of rotatable bonds is 0. The van der Waals surface area contributed by atoms with Crippen molar-refractivity contribution in [3.63, 3.8) is 0 Å². The molecular weight excluding hydrogens is 1030 g/mol. The molecule has 0 aromatic heterocycles. The van der Waals surface area contributed by atoms with Gasteiger partial charge in [0.25, 0.3) is 54.3 Å². The highest BCUT2D eigenvalue weighted by molar-refractivity contribution is 5.76. The molecule has 0 radical (unpaired) electrons. The van der Waals surface area contributed by atoms with Crippen LogP contribution < -0.4 is 107 Å². The summed E-state index contributed by atoms with van der Waals surface area (Å²) in [5.74, 6) is 0. The van der Waals surface area contributed by atoms with Crippen molar-refractivity contribution in [3.05, 3.63) is 102 Å². The summed E-state index contributed by atoms with van der Waals surface area (Å²) >= 11 is 0. The molecule has 5 aromatic carbocycles. The van der Waals surface area contributed by atoms with Gasteiger partial charge >= 0.3 is 0 Å². The van der Waals surface area contributed by atoms with Crippen molar-refractivity contribution in [1.29, 1.82) is 0 Å². The molecule has 0 aliphatic carbocycles. The minimum atomic E-state index is -0.528. The minimum Gasteiger partial charge on any atom is -0.380 e. The van der Waals surface area contributed by atoms with Crippen molar-refractivity contribution in [1.82, 2.24) is 24.5 Å².